The van der Waals surface area contributed by atoms with Gasteiger partial charge in [-0.2, -0.15) is 0 Å². The molecule has 0 saturated heterocycles. The molecule has 0 amide bonds. The summed E-state index contributed by atoms with van der Waals surface area (Å²) < 4.78 is 19.7. The standard InChI is InChI=1S/C14H14O6S2/c15-13(11-1-3-17-9-11)19-5-7-21-22-8-6-20-14(16)12-2-4-18-10-12/h1-4,9-10H,5-8H2. The predicted molar refractivity (Wildman–Crippen MR) is 82.9 cm³/mol. The van der Waals surface area contributed by atoms with Crippen molar-refractivity contribution in [2.75, 3.05) is 24.7 Å². The summed E-state index contributed by atoms with van der Waals surface area (Å²) in [7, 11) is 3.10. The van der Waals surface area contributed by atoms with Crippen LogP contribution in [0.2, 0.25) is 0 Å². The van der Waals surface area contributed by atoms with Crippen LogP contribution in [0.15, 0.2) is 46.0 Å². The maximum atomic E-state index is 11.5. The molecule has 0 unspecified atom stereocenters. The monoisotopic (exact) mass is 342 g/mol. The Balaban J connectivity index is 1.45. The van der Waals surface area contributed by atoms with Gasteiger partial charge < -0.3 is 18.3 Å². The van der Waals surface area contributed by atoms with Crippen molar-refractivity contribution in [1.29, 1.82) is 0 Å². The molecular formula is C14H14O6S2. The van der Waals surface area contributed by atoms with Crippen LogP contribution < -0.4 is 0 Å². The van der Waals surface area contributed by atoms with Crippen molar-refractivity contribution in [1.82, 2.24) is 0 Å². The van der Waals surface area contributed by atoms with Crippen molar-refractivity contribution < 1.29 is 27.9 Å². The van der Waals surface area contributed by atoms with Crippen LogP contribution in [-0.2, 0) is 9.47 Å². The van der Waals surface area contributed by atoms with Crippen LogP contribution in [0.25, 0.3) is 0 Å². The van der Waals surface area contributed by atoms with Crippen molar-refractivity contribution >= 4 is 33.5 Å². The largest absolute Gasteiger partial charge is 0.472 e. The molecule has 0 aromatic carbocycles. The lowest BCUT2D eigenvalue weighted by atomic mass is 10.3. The van der Waals surface area contributed by atoms with E-state index in [9.17, 15) is 9.59 Å². The van der Waals surface area contributed by atoms with Crippen LogP contribution in [0.1, 0.15) is 20.7 Å². The lowest BCUT2D eigenvalue weighted by Gasteiger charge is -2.04. The number of furan rings is 2. The fourth-order valence-corrected chi connectivity index (χ4v) is 3.04. The third-order valence-corrected chi connectivity index (χ3v) is 4.73. The molecule has 2 rings (SSSR count). The molecule has 0 bridgehead atoms. The van der Waals surface area contributed by atoms with Crippen LogP contribution in [0, 0.1) is 0 Å². The van der Waals surface area contributed by atoms with E-state index in [0.717, 1.165) is 0 Å². The summed E-state index contributed by atoms with van der Waals surface area (Å²) >= 11 is 0. The van der Waals surface area contributed by atoms with E-state index in [-0.39, 0.29) is 0 Å². The fourth-order valence-electron chi connectivity index (χ4n) is 1.38. The molecule has 2 aromatic rings. The number of esters is 2. The van der Waals surface area contributed by atoms with Gasteiger partial charge >= 0.3 is 11.9 Å². The summed E-state index contributed by atoms with van der Waals surface area (Å²) in [5.74, 6) is 0.523. The quantitative estimate of drug-likeness (QED) is 0.390. The van der Waals surface area contributed by atoms with E-state index in [1.54, 1.807) is 33.7 Å². The van der Waals surface area contributed by atoms with Crippen molar-refractivity contribution in [2.24, 2.45) is 0 Å². The van der Waals surface area contributed by atoms with Crippen LogP contribution in [-0.4, -0.2) is 36.7 Å². The maximum absolute atomic E-state index is 11.5. The van der Waals surface area contributed by atoms with Crippen LogP contribution in [0.4, 0.5) is 0 Å². The van der Waals surface area contributed by atoms with Gasteiger partial charge in [0.05, 0.1) is 23.7 Å². The Labute approximate surface area is 134 Å². The van der Waals surface area contributed by atoms with E-state index >= 15 is 0 Å². The van der Waals surface area contributed by atoms with Gasteiger partial charge in [0.1, 0.15) is 25.7 Å². The van der Waals surface area contributed by atoms with Crippen molar-refractivity contribution in [3.63, 3.8) is 0 Å². The highest BCUT2D eigenvalue weighted by Gasteiger charge is 2.08. The predicted octanol–water partition coefficient (Wildman–Crippen LogP) is 3.27. The Hall–Kier alpha value is -1.80. The number of hydrogen-bond acceptors (Lipinski definition) is 8. The van der Waals surface area contributed by atoms with Crippen molar-refractivity contribution in [3.05, 3.63) is 48.3 Å². The summed E-state index contributed by atoms with van der Waals surface area (Å²) in [6.45, 7) is 0.632. The van der Waals surface area contributed by atoms with Gasteiger partial charge in [0.2, 0.25) is 0 Å². The molecule has 2 aromatic heterocycles. The smallest absolute Gasteiger partial charge is 0.341 e. The van der Waals surface area contributed by atoms with Gasteiger partial charge in [-0.05, 0) is 12.1 Å². The summed E-state index contributed by atoms with van der Waals surface area (Å²) in [5, 5.41) is 0. The second-order valence-electron chi connectivity index (χ2n) is 3.94. The normalized spacial score (nSPS) is 10.4. The molecule has 118 valence electrons. The average Bonchev–Trinajstić information content (AvgIpc) is 3.22. The van der Waals surface area contributed by atoms with Crippen molar-refractivity contribution in [3.8, 4) is 0 Å². The van der Waals surface area contributed by atoms with E-state index in [1.165, 1.54) is 25.1 Å². The Morgan fingerprint density at radius 3 is 1.68 bits per heavy atom. The Morgan fingerprint density at radius 2 is 1.32 bits per heavy atom. The molecule has 0 radical (unpaired) electrons. The Kier molecular flexibility index (Phi) is 6.98. The van der Waals surface area contributed by atoms with E-state index in [0.29, 0.717) is 35.8 Å². The number of hydrogen-bond donors (Lipinski definition) is 0. The third-order valence-electron chi connectivity index (χ3n) is 2.40. The maximum Gasteiger partial charge on any atom is 0.341 e. The number of ether oxygens (including phenoxy) is 2. The van der Waals surface area contributed by atoms with Gasteiger partial charge in [0.15, 0.2) is 0 Å². The zero-order valence-electron chi connectivity index (χ0n) is 11.6. The molecule has 0 fully saturated rings. The Bertz CT molecular complexity index is 512. The minimum absolute atomic E-state index is 0.316. The zero-order chi connectivity index (χ0) is 15.6. The molecule has 6 nitrogen and oxygen atoms in total. The van der Waals surface area contributed by atoms with E-state index in [1.807, 2.05) is 0 Å². The average molecular weight is 342 g/mol. The second-order valence-corrected chi connectivity index (χ2v) is 6.64. The molecule has 0 aliphatic carbocycles. The first-order valence-corrected chi connectivity index (χ1v) is 8.89. The molecule has 0 aliphatic rings. The SMILES string of the molecule is O=C(OCCSSCCOC(=O)c1ccoc1)c1ccoc1. The first-order valence-electron chi connectivity index (χ1n) is 6.40. The van der Waals surface area contributed by atoms with E-state index < -0.39 is 11.9 Å². The number of rotatable bonds is 9. The molecular weight excluding hydrogens is 328 g/mol. The minimum atomic E-state index is -0.395. The summed E-state index contributed by atoms with van der Waals surface area (Å²) in [5.41, 5.74) is 0.813. The van der Waals surface area contributed by atoms with Crippen LogP contribution in [0.5, 0.6) is 0 Å². The van der Waals surface area contributed by atoms with Gasteiger partial charge in [0.25, 0.3) is 0 Å². The lowest BCUT2D eigenvalue weighted by Crippen LogP contribution is -2.07. The summed E-state index contributed by atoms with van der Waals surface area (Å²) in [6.07, 6.45) is 5.54. The van der Waals surface area contributed by atoms with Gasteiger partial charge in [0, 0.05) is 11.5 Å². The first-order chi connectivity index (χ1) is 10.8. The molecule has 0 atom stereocenters. The molecule has 8 heteroatoms. The lowest BCUT2D eigenvalue weighted by molar-refractivity contribution is 0.0519. The fraction of sp³-hybridized carbons (Fsp3) is 0.286. The molecule has 0 N–H and O–H groups in total. The molecule has 0 saturated carbocycles. The van der Waals surface area contributed by atoms with E-state index in [4.69, 9.17) is 18.3 Å². The molecule has 2 heterocycles. The first kappa shape index (κ1) is 16.6. The molecule has 0 spiro atoms. The van der Waals surface area contributed by atoms with Gasteiger partial charge in [-0.25, -0.2) is 9.59 Å². The van der Waals surface area contributed by atoms with Crippen LogP contribution in [0.3, 0.4) is 0 Å². The third kappa shape index (κ3) is 5.53. The second kappa shape index (κ2) is 9.26. The van der Waals surface area contributed by atoms with Gasteiger partial charge in [-0.1, -0.05) is 21.6 Å². The summed E-state index contributed by atoms with van der Waals surface area (Å²) in [4.78, 5) is 22.9. The van der Waals surface area contributed by atoms with Crippen LogP contribution >= 0.6 is 21.6 Å². The number of carbonyl (C=O) groups is 2. The zero-order valence-corrected chi connectivity index (χ0v) is 13.2. The minimum Gasteiger partial charge on any atom is -0.472 e. The topological polar surface area (TPSA) is 78.9 Å². The molecule has 0 aliphatic heterocycles. The van der Waals surface area contributed by atoms with Gasteiger partial charge in [-0.15, -0.1) is 0 Å². The van der Waals surface area contributed by atoms with E-state index in [2.05, 4.69) is 0 Å². The molecule has 22 heavy (non-hydrogen) atoms. The number of carbonyl (C=O) groups excluding carboxylic acids is 2. The summed E-state index contributed by atoms with van der Waals surface area (Å²) in [6, 6.07) is 3.11. The highest BCUT2D eigenvalue weighted by atomic mass is 33.1. The highest BCUT2D eigenvalue weighted by molar-refractivity contribution is 8.76. The van der Waals surface area contributed by atoms with Crippen molar-refractivity contribution in [2.45, 2.75) is 0 Å². The van der Waals surface area contributed by atoms with Gasteiger partial charge in [-0.3, -0.25) is 0 Å². The highest BCUT2D eigenvalue weighted by Crippen LogP contribution is 2.20. The Morgan fingerprint density at radius 1 is 0.864 bits per heavy atom.